The lowest BCUT2D eigenvalue weighted by Gasteiger charge is -2.13. The molecule has 0 aliphatic rings. The molecule has 0 saturated carbocycles. The Balaban J connectivity index is 2.03. The van der Waals surface area contributed by atoms with Crippen LogP contribution in [0.25, 0.3) is 0 Å². The van der Waals surface area contributed by atoms with Crippen molar-refractivity contribution in [3.8, 4) is 0 Å². The summed E-state index contributed by atoms with van der Waals surface area (Å²) in [6, 6.07) is 4.70. The molecule has 2 N–H and O–H groups in total. The van der Waals surface area contributed by atoms with Crippen LogP contribution < -0.4 is 10.0 Å². The highest BCUT2D eigenvalue weighted by atomic mass is 35.5. The molecule has 1 heterocycles. The number of aryl methyl sites for hydroxylation is 1. The molecule has 10 heteroatoms. The van der Waals surface area contributed by atoms with Crippen LogP contribution in [0, 0.1) is 0 Å². The summed E-state index contributed by atoms with van der Waals surface area (Å²) in [5, 5.41) is 11.8. The number of hydrogen-bond donors (Lipinski definition) is 2. The lowest BCUT2D eigenvalue weighted by molar-refractivity contribution is -0.117. The average Bonchev–Trinajstić information content (AvgIpc) is 2.94. The van der Waals surface area contributed by atoms with Crippen LogP contribution in [0.15, 0.2) is 29.2 Å². The number of amides is 1. The summed E-state index contributed by atoms with van der Waals surface area (Å²) in [6.45, 7) is 3.37. The summed E-state index contributed by atoms with van der Waals surface area (Å²) in [4.78, 5) is 12.1. The van der Waals surface area contributed by atoms with Crippen molar-refractivity contribution in [2.45, 2.75) is 31.2 Å². The Bertz CT molecular complexity index is 790. The molecule has 1 aromatic carbocycles. The van der Waals surface area contributed by atoms with Crippen LogP contribution in [-0.2, 0) is 21.2 Å². The minimum absolute atomic E-state index is 0.0331. The van der Waals surface area contributed by atoms with Gasteiger partial charge >= 0.3 is 0 Å². The Kier molecular flexibility index (Phi) is 5.69. The number of hydrogen-bond acceptors (Lipinski definition) is 6. The van der Waals surface area contributed by atoms with Gasteiger partial charge in [0.2, 0.25) is 21.1 Å². The molecule has 2 rings (SSSR count). The van der Waals surface area contributed by atoms with Crippen LogP contribution in [-0.4, -0.2) is 30.6 Å². The van der Waals surface area contributed by atoms with E-state index >= 15 is 0 Å². The van der Waals surface area contributed by atoms with Crippen LogP contribution in [0.3, 0.4) is 0 Å². The summed E-state index contributed by atoms with van der Waals surface area (Å²) >= 11 is 6.98. The van der Waals surface area contributed by atoms with Crippen LogP contribution in [0.1, 0.15) is 18.9 Å². The van der Waals surface area contributed by atoms with E-state index in [9.17, 15) is 13.2 Å². The van der Waals surface area contributed by atoms with E-state index in [2.05, 4.69) is 20.2 Å². The van der Waals surface area contributed by atoms with Crippen molar-refractivity contribution in [2.24, 2.45) is 0 Å². The molecule has 1 unspecified atom stereocenters. The number of halogens is 1. The summed E-state index contributed by atoms with van der Waals surface area (Å²) in [6.07, 6.45) is 0.715. The summed E-state index contributed by atoms with van der Waals surface area (Å²) in [5.41, 5.74) is 0. The van der Waals surface area contributed by atoms with E-state index in [-0.39, 0.29) is 4.90 Å². The first kappa shape index (κ1) is 17.8. The lowest BCUT2D eigenvalue weighted by Crippen LogP contribution is -2.41. The normalized spacial score (nSPS) is 12.8. The number of carbonyl (C=O) groups is 1. The van der Waals surface area contributed by atoms with Crippen LogP contribution in [0.2, 0.25) is 5.02 Å². The van der Waals surface area contributed by atoms with Gasteiger partial charge in [0.05, 0.1) is 10.9 Å². The van der Waals surface area contributed by atoms with E-state index in [0.29, 0.717) is 16.6 Å². The standard InChI is InChI=1S/C13H15ClN4O3S2/c1-3-11-16-17-13(22-11)15-12(19)8(2)18-23(20,21)10-6-4-9(14)5-7-10/h4-8,18H,3H2,1-2H3,(H,15,17,19). The number of sulfonamides is 1. The minimum Gasteiger partial charge on any atom is -0.299 e. The Morgan fingerprint density at radius 3 is 2.52 bits per heavy atom. The molecule has 0 radical (unpaired) electrons. The topological polar surface area (TPSA) is 101 Å². The third-order valence-electron chi connectivity index (χ3n) is 2.85. The maximum Gasteiger partial charge on any atom is 0.244 e. The van der Waals surface area contributed by atoms with Gasteiger partial charge in [-0.1, -0.05) is 29.9 Å². The molecule has 0 saturated heterocycles. The van der Waals surface area contributed by atoms with Gasteiger partial charge in [0.25, 0.3) is 0 Å². The highest BCUT2D eigenvalue weighted by Crippen LogP contribution is 2.17. The molecule has 1 atom stereocenters. The van der Waals surface area contributed by atoms with Crippen molar-refractivity contribution in [3.63, 3.8) is 0 Å². The third-order valence-corrected chi connectivity index (χ3v) is 5.64. The maximum atomic E-state index is 12.2. The zero-order chi connectivity index (χ0) is 17.0. The van der Waals surface area contributed by atoms with E-state index in [4.69, 9.17) is 11.6 Å². The van der Waals surface area contributed by atoms with Gasteiger partial charge in [-0.2, -0.15) is 4.72 Å². The predicted molar refractivity (Wildman–Crippen MR) is 89.2 cm³/mol. The summed E-state index contributed by atoms with van der Waals surface area (Å²) in [5.74, 6) is -0.513. The van der Waals surface area contributed by atoms with Crippen molar-refractivity contribution in [3.05, 3.63) is 34.3 Å². The zero-order valence-electron chi connectivity index (χ0n) is 12.4. The van der Waals surface area contributed by atoms with Gasteiger partial charge in [-0.25, -0.2) is 8.42 Å². The molecule has 0 aliphatic heterocycles. The Hall–Kier alpha value is -1.55. The first-order valence-electron chi connectivity index (χ1n) is 6.73. The number of aromatic nitrogens is 2. The molecule has 124 valence electrons. The molecule has 23 heavy (non-hydrogen) atoms. The van der Waals surface area contributed by atoms with Crippen molar-refractivity contribution < 1.29 is 13.2 Å². The summed E-state index contributed by atoms with van der Waals surface area (Å²) in [7, 11) is -3.82. The smallest absolute Gasteiger partial charge is 0.244 e. The number of benzene rings is 1. The van der Waals surface area contributed by atoms with E-state index in [1.54, 1.807) is 0 Å². The van der Waals surface area contributed by atoms with Gasteiger partial charge < -0.3 is 0 Å². The molecule has 0 bridgehead atoms. The second kappa shape index (κ2) is 7.35. The fraction of sp³-hybridized carbons (Fsp3) is 0.308. The molecule has 2 aromatic rings. The van der Waals surface area contributed by atoms with Crippen molar-refractivity contribution in [1.82, 2.24) is 14.9 Å². The summed E-state index contributed by atoms with van der Waals surface area (Å²) < 4.78 is 26.7. The van der Waals surface area contributed by atoms with Gasteiger partial charge in [-0.3, -0.25) is 10.1 Å². The van der Waals surface area contributed by atoms with Crippen molar-refractivity contribution in [2.75, 3.05) is 5.32 Å². The SMILES string of the molecule is CCc1nnc(NC(=O)C(C)NS(=O)(=O)c2ccc(Cl)cc2)s1. The minimum atomic E-state index is -3.82. The fourth-order valence-electron chi connectivity index (χ4n) is 1.63. The van der Waals surface area contributed by atoms with E-state index < -0.39 is 22.0 Å². The zero-order valence-corrected chi connectivity index (χ0v) is 14.8. The van der Waals surface area contributed by atoms with Crippen molar-refractivity contribution in [1.29, 1.82) is 0 Å². The highest BCUT2D eigenvalue weighted by Gasteiger charge is 2.22. The van der Waals surface area contributed by atoms with E-state index in [1.807, 2.05) is 6.92 Å². The molecule has 0 spiro atoms. The van der Waals surface area contributed by atoms with E-state index in [1.165, 1.54) is 42.5 Å². The highest BCUT2D eigenvalue weighted by molar-refractivity contribution is 7.89. The van der Waals surface area contributed by atoms with Gasteiger partial charge in [-0.05, 0) is 37.6 Å². The largest absolute Gasteiger partial charge is 0.299 e. The molecular formula is C13H15ClN4O3S2. The molecule has 1 amide bonds. The fourth-order valence-corrected chi connectivity index (χ4v) is 3.64. The number of rotatable bonds is 6. The number of anilines is 1. The van der Waals surface area contributed by atoms with Crippen molar-refractivity contribution >= 4 is 44.0 Å². The third kappa shape index (κ3) is 4.71. The first-order valence-corrected chi connectivity index (χ1v) is 9.40. The predicted octanol–water partition coefficient (Wildman–Crippen LogP) is 2.06. The second-order valence-electron chi connectivity index (χ2n) is 4.64. The second-order valence-corrected chi connectivity index (χ2v) is 7.85. The molecular weight excluding hydrogens is 360 g/mol. The number of carbonyl (C=O) groups excluding carboxylic acids is 1. The quantitative estimate of drug-likeness (QED) is 0.805. The lowest BCUT2D eigenvalue weighted by atomic mass is 10.3. The Labute approximate surface area is 143 Å². The van der Waals surface area contributed by atoms with Gasteiger partial charge in [0.15, 0.2) is 0 Å². The molecule has 0 fully saturated rings. The maximum absolute atomic E-state index is 12.2. The number of nitrogens with one attached hydrogen (secondary N) is 2. The Morgan fingerprint density at radius 1 is 1.30 bits per heavy atom. The molecule has 7 nitrogen and oxygen atoms in total. The van der Waals surface area contributed by atoms with Gasteiger partial charge in [0.1, 0.15) is 5.01 Å². The van der Waals surface area contributed by atoms with Crippen LogP contribution in [0.4, 0.5) is 5.13 Å². The monoisotopic (exact) mass is 374 g/mol. The van der Waals surface area contributed by atoms with Crippen LogP contribution in [0.5, 0.6) is 0 Å². The van der Waals surface area contributed by atoms with Crippen LogP contribution >= 0.6 is 22.9 Å². The average molecular weight is 375 g/mol. The molecule has 1 aromatic heterocycles. The van der Waals surface area contributed by atoms with Gasteiger partial charge in [0, 0.05) is 5.02 Å². The first-order chi connectivity index (χ1) is 10.8. The Morgan fingerprint density at radius 2 is 1.96 bits per heavy atom. The number of nitrogens with zero attached hydrogens (tertiary/aromatic N) is 2. The molecule has 0 aliphatic carbocycles. The van der Waals surface area contributed by atoms with Gasteiger partial charge in [-0.15, -0.1) is 10.2 Å². The van der Waals surface area contributed by atoms with E-state index in [0.717, 1.165) is 5.01 Å².